The van der Waals surface area contributed by atoms with Crippen molar-refractivity contribution in [1.29, 1.82) is 0 Å². The van der Waals surface area contributed by atoms with Crippen molar-refractivity contribution in [3.8, 4) is 0 Å². The van der Waals surface area contributed by atoms with Gasteiger partial charge in [-0.15, -0.1) is 0 Å². The fraction of sp³-hybridized carbons (Fsp3) is 0.727. The molecule has 0 atom stereocenters. The summed E-state index contributed by atoms with van der Waals surface area (Å²) in [6, 6.07) is 0. The molecular weight excluding hydrogens is 190 g/mol. The van der Waals surface area contributed by atoms with Gasteiger partial charge in [-0.25, -0.2) is 0 Å². The number of hydrogen-bond acceptors (Lipinski definition) is 2. The lowest BCUT2D eigenvalue weighted by molar-refractivity contribution is 0.339. The van der Waals surface area contributed by atoms with E-state index in [0.717, 1.165) is 12.1 Å². The average Bonchev–Trinajstić information content (AvgIpc) is 2.50. The number of rotatable bonds is 3. The Morgan fingerprint density at radius 1 is 1.43 bits per heavy atom. The van der Waals surface area contributed by atoms with Crippen LogP contribution < -0.4 is 0 Å². The summed E-state index contributed by atoms with van der Waals surface area (Å²) >= 11 is 0. The maximum atomic E-state index is 6.05. The van der Waals surface area contributed by atoms with Gasteiger partial charge in [0.2, 0.25) is 0 Å². The summed E-state index contributed by atoms with van der Waals surface area (Å²) < 4.78 is 6.05. The van der Waals surface area contributed by atoms with Crippen LogP contribution in [0.2, 0.25) is 18.1 Å². The summed E-state index contributed by atoms with van der Waals surface area (Å²) in [4.78, 5) is 4.25. The lowest BCUT2D eigenvalue weighted by Gasteiger charge is -2.36. The van der Waals surface area contributed by atoms with Crippen LogP contribution in [0.5, 0.6) is 0 Å². The van der Waals surface area contributed by atoms with Crippen LogP contribution in [0.1, 0.15) is 27.2 Å². The molecule has 1 heterocycles. The van der Waals surface area contributed by atoms with Gasteiger partial charge >= 0.3 is 0 Å². The Kier molecular flexibility index (Phi) is 3.32. The highest BCUT2D eigenvalue weighted by molar-refractivity contribution is 6.74. The molecule has 14 heavy (non-hydrogen) atoms. The van der Waals surface area contributed by atoms with E-state index in [0.29, 0.717) is 11.6 Å². The minimum Gasteiger partial charge on any atom is -0.411 e. The van der Waals surface area contributed by atoms with Crippen molar-refractivity contribution in [2.75, 3.05) is 6.61 Å². The van der Waals surface area contributed by atoms with Crippen LogP contribution in [0.3, 0.4) is 0 Å². The predicted octanol–water partition coefficient (Wildman–Crippen LogP) is 3.37. The second-order valence-electron chi connectivity index (χ2n) is 5.33. The third kappa shape index (κ3) is 2.79. The van der Waals surface area contributed by atoms with Crippen LogP contribution in [0.4, 0.5) is 0 Å². The van der Waals surface area contributed by atoms with Crippen molar-refractivity contribution >= 4 is 14.0 Å². The van der Waals surface area contributed by atoms with Crippen molar-refractivity contribution in [2.45, 2.75) is 45.3 Å². The van der Waals surface area contributed by atoms with Crippen molar-refractivity contribution in [2.24, 2.45) is 4.99 Å². The fourth-order valence-electron chi connectivity index (χ4n) is 0.976. The van der Waals surface area contributed by atoms with Crippen molar-refractivity contribution in [3.05, 3.63) is 12.3 Å². The van der Waals surface area contributed by atoms with Gasteiger partial charge in [-0.05, 0) is 18.1 Å². The third-order valence-corrected chi connectivity index (χ3v) is 7.60. The van der Waals surface area contributed by atoms with Crippen LogP contribution in [-0.2, 0) is 4.43 Å². The number of allylic oxidation sites excluding steroid dienone is 1. The van der Waals surface area contributed by atoms with Gasteiger partial charge in [-0.1, -0.05) is 26.8 Å². The molecule has 1 aliphatic rings. The highest BCUT2D eigenvalue weighted by Gasteiger charge is 2.37. The van der Waals surface area contributed by atoms with Gasteiger partial charge in [0.25, 0.3) is 0 Å². The van der Waals surface area contributed by atoms with Crippen molar-refractivity contribution in [3.63, 3.8) is 0 Å². The summed E-state index contributed by atoms with van der Waals surface area (Å²) in [5.41, 5.74) is 1.16. The highest BCUT2D eigenvalue weighted by Crippen LogP contribution is 2.36. The van der Waals surface area contributed by atoms with Gasteiger partial charge in [0.1, 0.15) is 0 Å². The first kappa shape index (κ1) is 11.7. The first-order valence-electron chi connectivity index (χ1n) is 5.17. The maximum absolute atomic E-state index is 6.05. The van der Waals surface area contributed by atoms with Gasteiger partial charge < -0.3 is 4.43 Å². The first-order chi connectivity index (χ1) is 6.33. The molecule has 0 fully saturated rings. The average molecular weight is 211 g/mol. The van der Waals surface area contributed by atoms with Gasteiger partial charge in [-0.3, -0.25) is 4.99 Å². The molecule has 3 heteroatoms. The number of hydrogen-bond donors (Lipinski definition) is 0. The molecule has 0 unspecified atom stereocenters. The van der Waals surface area contributed by atoms with E-state index in [-0.39, 0.29) is 0 Å². The molecule has 2 nitrogen and oxygen atoms in total. The van der Waals surface area contributed by atoms with Gasteiger partial charge in [0.15, 0.2) is 8.32 Å². The van der Waals surface area contributed by atoms with E-state index < -0.39 is 8.32 Å². The normalized spacial score (nSPS) is 17.4. The maximum Gasteiger partial charge on any atom is 0.192 e. The summed E-state index contributed by atoms with van der Waals surface area (Å²) in [6.45, 7) is 12.0. The molecule has 0 aromatic carbocycles. The van der Waals surface area contributed by atoms with Crippen molar-refractivity contribution in [1.82, 2.24) is 0 Å². The predicted molar refractivity (Wildman–Crippen MR) is 64.3 cm³/mol. The Bertz CT molecular complexity index is 261. The second-order valence-corrected chi connectivity index (χ2v) is 10.1. The molecule has 80 valence electrons. The van der Waals surface area contributed by atoms with Crippen LogP contribution in [-0.4, -0.2) is 20.6 Å². The van der Waals surface area contributed by atoms with Gasteiger partial charge in [0, 0.05) is 18.3 Å². The van der Waals surface area contributed by atoms with Gasteiger partial charge in [-0.2, -0.15) is 0 Å². The van der Waals surface area contributed by atoms with Gasteiger partial charge in [0.05, 0.1) is 6.61 Å². The number of nitrogens with zero attached hydrogens (tertiary/aromatic N) is 1. The zero-order chi connectivity index (χ0) is 10.8. The topological polar surface area (TPSA) is 21.6 Å². The number of aliphatic imine (C=N–C) groups is 1. The summed E-state index contributed by atoms with van der Waals surface area (Å²) in [5, 5.41) is 0.291. The lowest BCUT2D eigenvalue weighted by atomic mass is 10.2. The molecule has 0 N–H and O–H groups in total. The molecule has 0 saturated carbocycles. The highest BCUT2D eigenvalue weighted by atomic mass is 28.4. The quantitative estimate of drug-likeness (QED) is 0.656. The Balaban J connectivity index is 2.44. The Labute approximate surface area is 88.2 Å². The first-order valence-corrected chi connectivity index (χ1v) is 8.08. The second kappa shape index (κ2) is 3.99. The molecule has 0 radical (unpaired) electrons. The molecule has 0 aromatic heterocycles. The fourth-order valence-corrected chi connectivity index (χ4v) is 1.94. The molecule has 0 aliphatic carbocycles. The molecule has 0 saturated heterocycles. The standard InChI is InChI=1S/C11H21NOSi/c1-11(2,3)14(4,5)13-9-10-7-6-8-12-10/h6,8H,7,9H2,1-5H3. The molecular formula is C11H21NOSi. The van der Waals surface area contributed by atoms with E-state index in [1.807, 2.05) is 6.20 Å². The molecule has 0 bridgehead atoms. The van der Waals surface area contributed by atoms with E-state index in [1.54, 1.807) is 0 Å². The molecule has 0 amide bonds. The molecule has 1 aliphatic heterocycles. The van der Waals surface area contributed by atoms with Crippen LogP contribution in [0.15, 0.2) is 17.3 Å². The Morgan fingerprint density at radius 3 is 2.50 bits per heavy atom. The van der Waals surface area contributed by atoms with Crippen molar-refractivity contribution < 1.29 is 4.43 Å². The zero-order valence-electron chi connectivity index (χ0n) is 9.92. The summed E-state index contributed by atoms with van der Waals surface area (Å²) in [5.74, 6) is 0. The Hall–Kier alpha value is -0.413. The van der Waals surface area contributed by atoms with Crippen LogP contribution in [0.25, 0.3) is 0 Å². The summed E-state index contributed by atoms with van der Waals surface area (Å²) in [7, 11) is -1.58. The monoisotopic (exact) mass is 211 g/mol. The van der Waals surface area contributed by atoms with E-state index >= 15 is 0 Å². The minimum absolute atomic E-state index is 0.291. The molecule has 0 aromatic rings. The lowest BCUT2D eigenvalue weighted by Crippen LogP contribution is -2.41. The largest absolute Gasteiger partial charge is 0.411 e. The van der Waals surface area contributed by atoms with Crippen LogP contribution in [0, 0.1) is 0 Å². The third-order valence-electron chi connectivity index (χ3n) is 3.12. The zero-order valence-corrected chi connectivity index (χ0v) is 10.9. The molecule has 0 spiro atoms. The summed E-state index contributed by atoms with van der Waals surface area (Å²) in [6.07, 6.45) is 4.91. The minimum atomic E-state index is -1.58. The molecule has 1 rings (SSSR count). The van der Waals surface area contributed by atoms with E-state index in [9.17, 15) is 0 Å². The van der Waals surface area contributed by atoms with Crippen LogP contribution >= 0.6 is 0 Å². The van der Waals surface area contributed by atoms with E-state index in [2.05, 4.69) is 44.9 Å². The smallest absolute Gasteiger partial charge is 0.192 e. The SMILES string of the molecule is CC(C)(C)[Si](C)(C)OCC1=NC=CC1. The van der Waals surface area contributed by atoms with E-state index in [1.165, 1.54) is 0 Å². The van der Waals surface area contributed by atoms with E-state index in [4.69, 9.17) is 4.43 Å². The Morgan fingerprint density at radius 2 is 2.07 bits per heavy atom.